The van der Waals surface area contributed by atoms with E-state index in [1.54, 1.807) is 17.4 Å². The molecule has 1 saturated heterocycles. The molecule has 0 N–H and O–H groups in total. The number of hydrogen-bond acceptors (Lipinski definition) is 5. The van der Waals surface area contributed by atoms with Crippen molar-refractivity contribution in [3.05, 3.63) is 22.9 Å². The van der Waals surface area contributed by atoms with E-state index in [1.165, 1.54) is 0 Å². The second-order valence-corrected chi connectivity index (χ2v) is 7.09. The van der Waals surface area contributed by atoms with Crippen molar-refractivity contribution in [1.82, 2.24) is 19.6 Å². The van der Waals surface area contributed by atoms with Crippen molar-refractivity contribution in [2.24, 2.45) is 0 Å². The standard InChI is InChI=1S/C10H11ClN4O2S/c1-6-12-8(11)4-9-13-14-10(15(6)9)7-2-3-18(16,17)5-7/h4,7H,2-3,5H2,1H3. The quantitative estimate of drug-likeness (QED) is 0.731. The number of halogens is 1. The molecule has 0 spiro atoms. The largest absolute Gasteiger partial charge is 0.266 e. The first kappa shape index (κ1) is 11.9. The minimum atomic E-state index is -2.94. The van der Waals surface area contributed by atoms with E-state index < -0.39 is 9.84 Å². The molecule has 0 radical (unpaired) electrons. The Morgan fingerprint density at radius 2 is 2.22 bits per heavy atom. The zero-order valence-corrected chi connectivity index (χ0v) is 11.2. The maximum Gasteiger partial charge on any atom is 0.165 e. The fourth-order valence-electron chi connectivity index (χ4n) is 2.34. The molecule has 0 saturated carbocycles. The van der Waals surface area contributed by atoms with Crippen molar-refractivity contribution in [2.45, 2.75) is 19.3 Å². The second kappa shape index (κ2) is 3.89. The third-order valence-corrected chi connectivity index (χ3v) is 5.11. The minimum Gasteiger partial charge on any atom is -0.266 e. The Hall–Kier alpha value is -1.21. The van der Waals surface area contributed by atoms with Gasteiger partial charge in [-0.2, -0.15) is 0 Å². The van der Waals surface area contributed by atoms with Crippen LogP contribution in [0, 0.1) is 6.92 Å². The molecule has 1 fully saturated rings. The minimum absolute atomic E-state index is 0.105. The lowest BCUT2D eigenvalue weighted by atomic mass is 10.1. The molecule has 2 aromatic heterocycles. The Morgan fingerprint density at radius 1 is 1.44 bits per heavy atom. The van der Waals surface area contributed by atoms with Crippen LogP contribution < -0.4 is 0 Å². The molecule has 0 bridgehead atoms. The monoisotopic (exact) mass is 286 g/mol. The predicted molar refractivity (Wildman–Crippen MR) is 66.5 cm³/mol. The first-order valence-corrected chi connectivity index (χ1v) is 7.75. The van der Waals surface area contributed by atoms with Crippen molar-refractivity contribution in [2.75, 3.05) is 11.5 Å². The molecule has 1 unspecified atom stereocenters. The summed E-state index contributed by atoms with van der Waals surface area (Å²) in [7, 11) is -2.94. The molecule has 1 aliphatic heterocycles. The summed E-state index contributed by atoms with van der Waals surface area (Å²) in [5, 5.41) is 8.48. The number of hydrogen-bond donors (Lipinski definition) is 0. The smallest absolute Gasteiger partial charge is 0.165 e. The average molecular weight is 287 g/mol. The Balaban J connectivity index is 2.14. The van der Waals surface area contributed by atoms with Crippen LogP contribution in [0.4, 0.5) is 0 Å². The highest BCUT2D eigenvalue weighted by Gasteiger charge is 2.32. The lowest BCUT2D eigenvalue weighted by Crippen LogP contribution is -2.09. The lowest BCUT2D eigenvalue weighted by molar-refractivity contribution is 0.600. The van der Waals surface area contributed by atoms with Gasteiger partial charge in [0.15, 0.2) is 15.5 Å². The summed E-state index contributed by atoms with van der Waals surface area (Å²) in [6.07, 6.45) is 0.588. The van der Waals surface area contributed by atoms with Gasteiger partial charge in [-0.3, -0.25) is 4.40 Å². The van der Waals surface area contributed by atoms with Crippen LogP contribution in [0.5, 0.6) is 0 Å². The van der Waals surface area contributed by atoms with E-state index in [0.29, 0.717) is 28.9 Å². The average Bonchev–Trinajstić information content (AvgIpc) is 2.81. The van der Waals surface area contributed by atoms with Gasteiger partial charge in [-0.15, -0.1) is 10.2 Å². The first-order valence-electron chi connectivity index (χ1n) is 5.55. The van der Waals surface area contributed by atoms with Crippen LogP contribution in [0.15, 0.2) is 6.07 Å². The Kier molecular flexibility index (Phi) is 2.56. The third-order valence-electron chi connectivity index (χ3n) is 3.15. The fraction of sp³-hybridized carbons (Fsp3) is 0.500. The van der Waals surface area contributed by atoms with E-state index in [0.717, 1.165) is 0 Å². The number of aryl methyl sites for hydroxylation is 1. The van der Waals surface area contributed by atoms with Crippen LogP contribution in [0.2, 0.25) is 5.15 Å². The predicted octanol–water partition coefficient (Wildman–Crippen LogP) is 0.988. The van der Waals surface area contributed by atoms with Gasteiger partial charge in [0.25, 0.3) is 0 Å². The zero-order chi connectivity index (χ0) is 12.9. The normalized spacial score (nSPS) is 22.7. The molecular formula is C10H11ClN4O2S. The summed E-state index contributed by atoms with van der Waals surface area (Å²) in [6.45, 7) is 1.80. The number of nitrogens with zero attached hydrogens (tertiary/aromatic N) is 4. The number of sulfone groups is 1. The van der Waals surface area contributed by atoms with E-state index >= 15 is 0 Å². The Bertz CT molecular complexity index is 725. The van der Waals surface area contributed by atoms with Gasteiger partial charge in [-0.05, 0) is 13.3 Å². The van der Waals surface area contributed by atoms with Crippen molar-refractivity contribution >= 4 is 27.1 Å². The van der Waals surface area contributed by atoms with Crippen LogP contribution in [0.1, 0.15) is 24.0 Å². The van der Waals surface area contributed by atoms with Crippen molar-refractivity contribution in [1.29, 1.82) is 0 Å². The third kappa shape index (κ3) is 1.87. The van der Waals surface area contributed by atoms with Gasteiger partial charge in [0.2, 0.25) is 0 Å². The number of aromatic nitrogens is 4. The van der Waals surface area contributed by atoms with Crippen molar-refractivity contribution in [3.63, 3.8) is 0 Å². The molecule has 8 heteroatoms. The maximum atomic E-state index is 11.5. The Morgan fingerprint density at radius 3 is 2.89 bits per heavy atom. The summed E-state index contributed by atoms with van der Waals surface area (Å²) < 4.78 is 24.8. The van der Waals surface area contributed by atoms with Gasteiger partial charge in [0, 0.05) is 12.0 Å². The maximum absolute atomic E-state index is 11.5. The molecule has 0 aliphatic carbocycles. The summed E-state index contributed by atoms with van der Waals surface area (Å²) in [6, 6.07) is 1.62. The molecule has 0 aromatic carbocycles. The molecule has 1 aliphatic rings. The molecule has 1 atom stereocenters. The highest BCUT2D eigenvalue weighted by Crippen LogP contribution is 2.28. The summed E-state index contributed by atoms with van der Waals surface area (Å²) in [5.41, 5.74) is 0.604. The molecule has 2 aromatic rings. The highest BCUT2D eigenvalue weighted by atomic mass is 35.5. The van der Waals surface area contributed by atoms with E-state index in [1.807, 2.05) is 0 Å². The molecule has 18 heavy (non-hydrogen) atoms. The van der Waals surface area contributed by atoms with Gasteiger partial charge in [-0.25, -0.2) is 13.4 Å². The van der Waals surface area contributed by atoms with Crippen LogP contribution in [0.25, 0.3) is 5.65 Å². The topological polar surface area (TPSA) is 77.2 Å². The van der Waals surface area contributed by atoms with Crippen molar-refractivity contribution in [3.8, 4) is 0 Å². The summed E-state index contributed by atoms with van der Waals surface area (Å²) in [4.78, 5) is 4.14. The molecule has 3 heterocycles. The van der Waals surface area contributed by atoms with Crippen molar-refractivity contribution < 1.29 is 8.42 Å². The van der Waals surface area contributed by atoms with Crippen LogP contribution in [-0.2, 0) is 9.84 Å². The SMILES string of the molecule is Cc1nc(Cl)cc2nnc(C3CCS(=O)(=O)C3)n12. The molecule has 6 nitrogen and oxygen atoms in total. The molecule has 96 valence electrons. The van der Waals surface area contributed by atoms with Gasteiger partial charge in [0.1, 0.15) is 16.8 Å². The second-order valence-electron chi connectivity index (χ2n) is 4.48. The lowest BCUT2D eigenvalue weighted by Gasteiger charge is -2.07. The van der Waals surface area contributed by atoms with Gasteiger partial charge < -0.3 is 0 Å². The number of rotatable bonds is 1. The van der Waals surface area contributed by atoms with Gasteiger partial charge in [0.05, 0.1) is 11.5 Å². The van der Waals surface area contributed by atoms with E-state index in [9.17, 15) is 8.42 Å². The van der Waals surface area contributed by atoms with Gasteiger partial charge in [-0.1, -0.05) is 11.6 Å². The summed E-state index contributed by atoms with van der Waals surface area (Å²) >= 11 is 5.85. The van der Waals surface area contributed by atoms with Crippen LogP contribution >= 0.6 is 11.6 Å². The van der Waals surface area contributed by atoms with E-state index in [2.05, 4.69) is 15.2 Å². The van der Waals surface area contributed by atoms with E-state index in [4.69, 9.17) is 11.6 Å². The first-order chi connectivity index (χ1) is 8.46. The van der Waals surface area contributed by atoms with Crippen LogP contribution in [-0.4, -0.2) is 39.5 Å². The Labute approximate surface area is 109 Å². The number of fused-ring (bicyclic) bond motifs is 1. The van der Waals surface area contributed by atoms with Gasteiger partial charge >= 0.3 is 0 Å². The van der Waals surface area contributed by atoms with Crippen LogP contribution in [0.3, 0.4) is 0 Å². The fourth-order valence-corrected chi connectivity index (χ4v) is 4.30. The van der Waals surface area contributed by atoms with E-state index in [-0.39, 0.29) is 17.4 Å². The molecule has 3 rings (SSSR count). The molecular weight excluding hydrogens is 276 g/mol. The summed E-state index contributed by atoms with van der Waals surface area (Å²) in [5.74, 6) is 1.57. The molecule has 0 amide bonds. The highest BCUT2D eigenvalue weighted by molar-refractivity contribution is 7.91. The zero-order valence-electron chi connectivity index (χ0n) is 9.67.